The van der Waals surface area contributed by atoms with E-state index in [1.807, 2.05) is 6.92 Å². The van der Waals surface area contributed by atoms with Crippen LogP contribution in [0.2, 0.25) is 0 Å². The van der Waals surface area contributed by atoms with Crippen LogP contribution < -0.4 is 29.6 Å². The van der Waals surface area contributed by atoms with Crippen LogP contribution in [0.4, 0.5) is 0 Å². The molecule has 1 unspecified atom stereocenters. The first-order chi connectivity index (χ1) is 4.52. The summed E-state index contributed by atoms with van der Waals surface area (Å²) in [6, 6.07) is 0. The fourth-order valence-corrected chi connectivity index (χ4v) is 1.81. The van der Waals surface area contributed by atoms with Crippen molar-refractivity contribution < 1.29 is 42.5 Å². The first-order valence-corrected chi connectivity index (χ1v) is 4.94. The van der Waals surface area contributed by atoms with E-state index in [2.05, 4.69) is 0 Å². The third-order valence-corrected chi connectivity index (χ3v) is 2.86. The predicted molar refractivity (Wildman–Crippen MR) is 38.7 cm³/mol. The largest absolute Gasteiger partial charge is 1.00 e. The second-order valence-corrected chi connectivity index (χ2v) is 3.96. The second kappa shape index (κ2) is 6.43. The molecule has 0 N–H and O–H groups in total. The molecule has 0 spiro atoms. The summed E-state index contributed by atoms with van der Waals surface area (Å²) in [6.07, 6.45) is 1.67. The first-order valence-electron chi connectivity index (χ1n) is 3.47. The van der Waals surface area contributed by atoms with Gasteiger partial charge in [-0.1, -0.05) is 20.3 Å². The van der Waals surface area contributed by atoms with Crippen LogP contribution in [0.1, 0.15) is 33.1 Å². The van der Waals surface area contributed by atoms with Crippen molar-refractivity contribution in [1.29, 1.82) is 0 Å². The molecule has 0 aromatic carbocycles. The Labute approximate surface area is 90.6 Å². The quantitative estimate of drug-likeness (QED) is 0.383. The van der Waals surface area contributed by atoms with Gasteiger partial charge in [0, 0.05) is 5.25 Å². The molecule has 0 aromatic heterocycles. The Balaban J connectivity index is 0. The summed E-state index contributed by atoms with van der Waals surface area (Å²) in [5, 5.41) is -0.669. The van der Waals surface area contributed by atoms with Gasteiger partial charge in [-0.3, -0.25) is 0 Å². The average Bonchev–Trinajstić information content (AvgIpc) is 1.80. The molecular formula is C6H13NaO3S. The zero-order chi connectivity index (χ0) is 8.20. The predicted octanol–water partition coefficient (Wildman–Crippen LogP) is -1.89. The number of hydrogen-bond donors (Lipinski definition) is 0. The summed E-state index contributed by atoms with van der Waals surface area (Å²) in [5.41, 5.74) is 0. The van der Waals surface area contributed by atoms with Crippen LogP contribution in [0.25, 0.3) is 0 Å². The van der Waals surface area contributed by atoms with E-state index in [-0.39, 0.29) is 29.6 Å². The normalized spacial score (nSPS) is 13.7. The zero-order valence-corrected chi connectivity index (χ0v) is 10.1. The second-order valence-electron chi connectivity index (χ2n) is 2.31. The van der Waals surface area contributed by atoms with Gasteiger partial charge >= 0.3 is 29.6 Å². The molecular weight excluding hydrogens is 175 g/mol. The van der Waals surface area contributed by atoms with E-state index in [0.29, 0.717) is 12.8 Å². The Morgan fingerprint density at radius 1 is 1.36 bits per heavy atom. The maximum Gasteiger partial charge on any atom is 1.00 e. The molecule has 0 saturated heterocycles. The minimum Gasteiger partial charge on any atom is -0.748 e. The van der Waals surface area contributed by atoms with Gasteiger partial charge < -0.3 is 4.55 Å². The summed E-state index contributed by atoms with van der Waals surface area (Å²) >= 11 is 0. The van der Waals surface area contributed by atoms with E-state index in [4.69, 9.17) is 0 Å². The average molecular weight is 188 g/mol. The molecule has 62 valence electrons. The molecule has 0 aromatic rings. The SMILES string of the molecule is CCCC(CC)S(=O)(=O)[O-].[Na+]. The smallest absolute Gasteiger partial charge is 0.748 e. The van der Waals surface area contributed by atoms with Crippen molar-refractivity contribution in [1.82, 2.24) is 0 Å². The molecule has 0 aliphatic rings. The summed E-state index contributed by atoms with van der Waals surface area (Å²) in [5.74, 6) is 0. The van der Waals surface area contributed by atoms with Gasteiger partial charge in [0.15, 0.2) is 0 Å². The molecule has 3 nitrogen and oxygen atoms in total. The van der Waals surface area contributed by atoms with Gasteiger partial charge in [0.25, 0.3) is 0 Å². The van der Waals surface area contributed by atoms with Crippen molar-refractivity contribution in [2.45, 2.75) is 38.4 Å². The monoisotopic (exact) mass is 188 g/mol. The summed E-state index contributed by atoms with van der Waals surface area (Å²) < 4.78 is 31.2. The Kier molecular flexibility index (Phi) is 8.44. The third kappa shape index (κ3) is 6.11. The number of rotatable bonds is 4. The third-order valence-electron chi connectivity index (χ3n) is 1.47. The minimum atomic E-state index is -4.03. The van der Waals surface area contributed by atoms with Crippen LogP contribution in [-0.2, 0) is 10.1 Å². The fraction of sp³-hybridized carbons (Fsp3) is 1.00. The Morgan fingerprint density at radius 3 is 1.91 bits per heavy atom. The van der Waals surface area contributed by atoms with Crippen LogP contribution in [-0.4, -0.2) is 18.2 Å². The van der Waals surface area contributed by atoms with Gasteiger partial charge in [-0.15, -0.1) is 0 Å². The van der Waals surface area contributed by atoms with E-state index >= 15 is 0 Å². The molecule has 0 amide bonds. The topological polar surface area (TPSA) is 57.2 Å². The van der Waals surface area contributed by atoms with E-state index in [0.717, 1.165) is 6.42 Å². The van der Waals surface area contributed by atoms with Crippen LogP contribution in [0, 0.1) is 0 Å². The van der Waals surface area contributed by atoms with Crippen molar-refractivity contribution in [3.05, 3.63) is 0 Å². The Morgan fingerprint density at radius 2 is 1.82 bits per heavy atom. The maximum atomic E-state index is 10.4. The molecule has 0 fully saturated rings. The minimum absolute atomic E-state index is 0. The van der Waals surface area contributed by atoms with Crippen molar-refractivity contribution in [3.8, 4) is 0 Å². The van der Waals surface area contributed by atoms with Crippen LogP contribution >= 0.6 is 0 Å². The summed E-state index contributed by atoms with van der Waals surface area (Å²) in [4.78, 5) is 0. The van der Waals surface area contributed by atoms with E-state index in [1.165, 1.54) is 0 Å². The molecule has 0 aliphatic heterocycles. The first kappa shape index (κ1) is 14.4. The molecule has 0 heterocycles. The maximum absolute atomic E-state index is 10.4. The summed E-state index contributed by atoms with van der Waals surface area (Å²) in [6.45, 7) is 3.59. The molecule has 0 rings (SSSR count). The van der Waals surface area contributed by atoms with Gasteiger partial charge in [0.2, 0.25) is 0 Å². The molecule has 0 aliphatic carbocycles. The fourth-order valence-electron chi connectivity index (χ4n) is 0.875. The van der Waals surface area contributed by atoms with E-state index in [1.54, 1.807) is 6.92 Å². The zero-order valence-electron chi connectivity index (χ0n) is 7.33. The van der Waals surface area contributed by atoms with Gasteiger partial charge in [-0.05, 0) is 12.8 Å². The standard InChI is InChI=1S/C6H14O3S.Na/c1-3-5-6(4-2)10(7,8)9;/h6H,3-5H2,1-2H3,(H,7,8,9);/q;+1/p-1. The number of hydrogen-bond acceptors (Lipinski definition) is 3. The van der Waals surface area contributed by atoms with Gasteiger partial charge in [0.1, 0.15) is 0 Å². The van der Waals surface area contributed by atoms with Crippen molar-refractivity contribution >= 4 is 10.1 Å². The Bertz CT molecular complexity index is 176. The van der Waals surface area contributed by atoms with Crippen molar-refractivity contribution in [2.24, 2.45) is 0 Å². The Hall–Kier alpha value is 0.910. The van der Waals surface area contributed by atoms with Crippen LogP contribution in [0.15, 0.2) is 0 Å². The van der Waals surface area contributed by atoms with Gasteiger partial charge in [-0.25, -0.2) is 8.42 Å². The molecule has 0 radical (unpaired) electrons. The van der Waals surface area contributed by atoms with Crippen molar-refractivity contribution in [2.75, 3.05) is 0 Å². The molecule has 1 atom stereocenters. The van der Waals surface area contributed by atoms with Crippen LogP contribution in [0.3, 0.4) is 0 Å². The molecule has 0 bridgehead atoms. The van der Waals surface area contributed by atoms with Crippen molar-refractivity contribution in [3.63, 3.8) is 0 Å². The molecule has 0 saturated carbocycles. The van der Waals surface area contributed by atoms with Gasteiger partial charge in [0.05, 0.1) is 10.1 Å². The van der Waals surface area contributed by atoms with E-state index < -0.39 is 15.4 Å². The van der Waals surface area contributed by atoms with Gasteiger partial charge in [-0.2, -0.15) is 0 Å². The molecule has 11 heavy (non-hydrogen) atoms. The van der Waals surface area contributed by atoms with E-state index in [9.17, 15) is 13.0 Å². The molecule has 5 heteroatoms. The summed E-state index contributed by atoms with van der Waals surface area (Å²) in [7, 11) is -4.03. The van der Waals surface area contributed by atoms with Crippen LogP contribution in [0.5, 0.6) is 0 Å².